The number of carboxylic acid groups (broad SMARTS) is 1. The minimum absolute atomic E-state index is 0.0812. The van der Waals surface area contributed by atoms with Crippen molar-refractivity contribution in [1.82, 2.24) is 14.6 Å². The Bertz CT molecular complexity index is 634. The zero-order valence-electron chi connectivity index (χ0n) is 10.1. The van der Waals surface area contributed by atoms with Crippen LogP contribution in [0.5, 0.6) is 0 Å². The minimum Gasteiger partial charge on any atom is -0.477 e. The number of hydrogen-bond donors (Lipinski definition) is 3. The third-order valence-corrected chi connectivity index (χ3v) is 4.30. The Morgan fingerprint density at radius 3 is 2.74 bits per heavy atom. The number of nitrogens with zero attached hydrogens (tertiary/aromatic N) is 1. The summed E-state index contributed by atoms with van der Waals surface area (Å²) in [7, 11) is -2.38. The Kier molecular flexibility index (Phi) is 3.33. The summed E-state index contributed by atoms with van der Waals surface area (Å²) in [5.74, 6) is -1.42. The molecule has 1 saturated heterocycles. The van der Waals surface area contributed by atoms with Crippen LogP contribution >= 0.6 is 0 Å². The van der Waals surface area contributed by atoms with E-state index in [0.717, 1.165) is 6.07 Å². The zero-order valence-corrected chi connectivity index (χ0v) is 10.9. The van der Waals surface area contributed by atoms with Gasteiger partial charge in [-0.25, -0.2) is 17.9 Å². The molecule has 0 saturated carbocycles. The van der Waals surface area contributed by atoms with Crippen LogP contribution in [0.1, 0.15) is 16.9 Å². The van der Waals surface area contributed by atoms with Crippen molar-refractivity contribution in [2.45, 2.75) is 17.4 Å². The average Bonchev–Trinajstić information content (AvgIpc) is 2.84. The predicted octanol–water partition coefficient (Wildman–Crippen LogP) is -1.11. The molecule has 0 radical (unpaired) electrons. The third kappa shape index (κ3) is 2.76. The van der Waals surface area contributed by atoms with Crippen molar-refractivity contribution in [3.8, 4) is 0 Å². The summed E-state index contributed by atoms with van der Waals surface area (Å²) in [5, 5.41) is 11.4. The smallest absolute Gasteiger partial charge is 0.352 e. The van der Waals surface area contributed by atoms with E-state index in [4.69, 9.17) is 5.11 Å². The number of nitrogens with one attached hydrogen (secondary N) is 2. The van der Waals surface area contributed by atoms with E-state index < -0.39 is 22.0 Å². The van der Waals surface area contributed by atoms with Gasteiger partial charge in [-0.05, 0) is 6.07 Å². The first kappa shape index (κ1) is 13.6. The fraction of sp³-hybridized carbons (Fsp3) is 0.400. The van der Waals surface area contributed by atoms with Crippen LogP contribution in [0.3, 0.4) is 0 Å². The molecule has 1 amide bonds. The Morgan fingerprint density at radius 1 is 1.58 bits per heavy atom. The van der Waals surface area contributed by atoms with Gasteiger partial charge in [-0.2, -0.15) is 0 Å². The number of carbonyl (C=O) groups is 2. The van der Waals surface area contributed by atoms with Crippen LogP contribution in [0.4, 0.5) is 0 Å². The van der Waals surface area contributed by atoms with E-state index >= 15 is 0 Å². The lowest BCUT2D eigenvalue weighted by molar-refractivity contribution is -0.119. The number of hydrogen-bond acceptors (Lipinski definition) is 4. The van der Waals surface area contributed by atoms with E-state index in [-0.39, 0.29) is 29.5 Å². The topological polar surface area (TPSA) is 118 Å². The fourth-order valence-corrected chi connectivity index (χ4v) is 3.18. The molecule has 0 bridgehead atoms. The molecule has 19 heavy (non-hydrogen) atoms. The number of amides is 1. The molecule has 2 heterocycles. The molecule has 0 aromatic carbocycles. The van der Waals surface area contributed by atoms with Gasteiger partial charge in [-0.3, -0.25) is 4.79 Å². The molecular weight excluding hydrogens is 274 g/mol. The number of carbonyl (C=O) groups excluding carboxylic acids is 1. The van der Waals surface area contributed by atoms with Gasteiger partial charge in [-0.1, -0.05) is 0 Å². The molecule has 0 spiro atoms. The van der Waals surface area contributed by atoms with Gasteiger partial charge in [0.05, 0.1) is 0 Å². The summed E-state index contributed by atoms with van der Waals surface area (Å²) >= 11 is 0. The van der Waals surface area contributed by atoms with E-state index in [1.165, 1.54) is 17.8 Å². The summed E-state index contributed by atoms with van der Waals surface area (Å²) < 4.78 is 27.6. The van der Waals surface area contributed by atoms with Gasteiger partial charge in [0.2, 0.25) is 15.9 Å². The molecule has 0 aliphatic carbocycles. The van der Waals surface area contributed by atoms with Crippen LogP contribution in [0.25, 0.3) is 0 Å². The van der Waals surface area contributed by atoms with Crippen molar-refractivity contribution in [2.75, 3.05) is 6.54 Å². The maximum atomic E-state index is 12.0. The Morgan fingerprint density at radius 2 is 2.26 bits per heavy atom. The highest BCUT2D eigenvalue weighted by molar-refractivity contribution is 7.89. The third-order valence-electron chi connectivity index (χ3n) is 2.81. The maximum absolute atomic E-state index is 12.0. The molecular formula is C10H13N3O5S. The van der Waals surface area contributed by atoms with Gasteiger partial charge >= 0.3 is 5.97 Å². The lowest BCUT2D eigenvalue weighted by Crippen LogP contribution is -2.36. The van der Waals surface area contributed by atoms with Crippen molar-refractivity contribution in [3.05, 3.63) is 18.0 Å². The van der Waals surface area contributed by atoms with Gasteiger partial charge in [0.25, 0.3) is 0 Å². The van der Waals surface area contributed by atoms with Crippen molar-refractivity contribution >= 4 is 21.9 Å². The van der Waals surface area contributed by atoms with E-state index in [1.807, 2.05) is 0 Å². The number of aryl methyl sites for hydroxylation is 1. The Balaban J connectivity index is 2.22. The maximum Gasteiger partial charge on any atom is 0.352 e. The van der Waals surface area contributed by atoms with Crippen molar-refractivity contribution in [1.29, 1.82) is 0 Å². The summed E-state index contributed by atoms with van der Waals surface area (Å²) in [6, 6.07) is 0.570. The first-order valence-electron chi connectivity index (χ1n) is 5.48. The fourth-order valence-electron chi connectivity index (χ4n) is 1.87. The largest absolute Gasteiger partial charge is 0.477 e. The van der Waals surface area contributed by atoms with Gasteiger partial charge in [0.1, 0.15) is 10.6 Å². The lowest BCUT2D eigenvalue weighted by atomic mass is 10.3. The van der Waals surface area contributed by atoms with E-state index in [0.29, 0.717) is 0 Å². The van der Waals surface area contributed by atoms with Gasteiger partial charge < -0.3 is 15.0 Å². The number of carboxylic acids is 1. The number of aromatic nitrogens is 1. The second-order valence-corrected chi connectivity index (χ2v) is 6.02. The van der Waals surface area contributed by atoms with Crippen LogP contribution in [0, 0.1) is 0 Å². The summed E-state index contributed by atoms with van der Waals surface area (Å²) in [5.41, 5.74) is -0.124. The highest BCUT2D eigenvalue weighted by atomic mass is 32.2. The molecule has 1 aliphatic heterocycles. The first-order chi connectivity index (χ1) is 8.79. The number of sulfonamides is 1. The highest BCUT2D eigenvalue weighted by Crippen LogP contribution is 2.15. The predicted molar refractivity (Wildman–Crippen MR) is 64.1 cm³/mol. The molecule has 1 aromatic rings. The molecule has 1 aliphatic rings. The SMILES string of the molecule is Cn1cc(S(=O)(=O)NC2CNC(=O)C2)cc1C(=O)O. The standard InChI is InChI=1S/C10H13N3O5S/c1-13-5-7(3-8(13)10(15)16)19(17,18)12-6-2-9(14)11-4-6/h3,5-6,12H,2,4H2,1H3,(H,11,14)(H,15,16). The van der Waals surface area contributed by atoms with Gasteiger partial charge in [0.15, 0.2) is 0 Å². The average molecular weight is 287 g/mol. The van der Waals surface area contributed by atoms with E-state index in [1.54, 1.807) is 0 Å². The molecule has 1 atom stereocenters. The van der Waals surface area contributed by atoms with Crippen molar-refractivity contribution < 1.29 is 23.1 Å². The Labute approximate surface area is 109 Å². The molecule has 1 aromatic heterocycles. The van der Waals surface area contributed by atoms with Gasteiger partial charge in [-0.15, -0.1) is 0 Å². The molecule has 9 heteroatoms. The van der Waals surface area contributed by atoms with E-state index in [2.05, 4.69) is 10.0 Å². The monoisotopic (exact) mass is 287 g/mol. The normalized spacial score (nSPS) is 19.4. The quantitative estimate of drug-likeness (QED) is 0.649. The molecule has 1 fully saturated rings. The molecule has 104 valence electrons. The summed E-state index contributed by atoms with van der Waals surface area (Å²) in [6.07, 6.45) is 1.30. The zero-order chi connectivity index (χ0) is 14.2. The second kappa shape index (κ2) is 4.67. The molecule has 1 unspecified atom stereocenters. The Hall–Kier alpha value is -1.87. The molecule has 3 N–H and O–H groups in total. The van der Waals surface area contributed by atoms with Crippen LogP contribution in [-0.4, -0.2) is 42.6 Å². The number of aromatic carboxylic acids is 1. The lowest BCUT2D eigenvalue weighted by Gasteiger charge is -2.09. The second-order valence-electron chi connectivity index (χ2n) is 4.30. The molecule has 2 rings (SSSR count). The molecule has 8 nitrogen and oxygen atoms in total. The first-order valence-corrected chi connectivity index (χ1v) is 6.96. The van der Waals surface area contributed by atoms with Crippen LogP contribution in [0.2, 0.25) is 0 Å². The number of rotatable bonds is 4. The van der Waals surface area contributed by atoms with Gasteiger partial charge in [0, 0.05) is 32.3 Å². The summed E-state index contributed by atoms with van der Waals surface area (Å²) in [6.45, 7) is 0.233. The highest BCUT2D eigenvalue weighted by Gasteiger charge is 2.28. The van der Waals surface area contributed by atoms with Crippen molar-refractivity contribution in [2.24, 2.45) is 7.05 Å². The summed E-state index contributed by atoms with van der Waals surface area (Å²) in [4.78, 5) is 21.7. The minimum atomic E-state index is -3.83. The van der Waals surface area contributed by atoms with Crippen molar-refractivity contribution in [3.63, 3.8) is 0 Å². The van der Waals surface area contributed by atoms with E-state index in [9.17, 15) is 18.0 Å². The van der Waals surface area contributed by atoms with Crippen LogP contribution in [0.15, 0.2) is 17.2 Å². The van der Waals surface area contributed by atoms with Crippen LogP contribution in [-0.2, 0) is 21.9 Å². The van der Waals surface area contributed by atoms with Crippen LogP contribution < -0.4 is 10.0 Å².